The molecular weight excluding hydrogens is 194 g/mol. The minimum absolute atomic E-state index is 0.841. The molecule has 0 atom stereocenters. The van der Waals surface area contributed by atoms with E-state index in [9.17, 15) is 0 Å². The molecule has 2 heterocycles. The van der Waals surface area contributed by atoms with Gasteiger partial charge < -0.3 is 4.98 Å². The van der Waals surface area contributed by atoms with Crippen LogP contribution in [-0.2, 0) is 0 Å². The molecule has 11 heavy (non-hydrogen) atoms. The first-order chi connectivity index (χ1) is 5.36. The van der Waals surface area contributed by atoms with Crippen LogP contribution in [0.3, 0.4) is 0 Å². The normalized spacial score (nSPS) is 10.2. The standard InChI is InChI=1S/C7H5NS3/c9-7-8-4-6(11-7)5-2-1-3-10-5/h1-4H,(H,8,9). The molecule has 0 radical (unpaired) electrons. The third-order valence-electron chi connectivity index (χ3n) is 1.29. The molecule has 0 fully saturated rings. The lowest BCUT2D eigenvalue weighted by molar-refractivity contribution is 1.40. The van der Waals surface area contributed by atoms with Crippen LogP contribution in [0.4, 0.5) is 0 Å². The summed E-state index contributed by atoms with van der Waals surface area (Å²) in [6.45, 7) is 0. The van der Waals surface area contributed by atoms with E-state index < -0.39 is 0 Å². The Morgan fingerprint density at radius 3 is 2.82 bits per heavy atom. The van der Waals surface area contributed by atoms with Crippen LogP contribution in [0.25, 0.3) is 9.75 Å². The SMILES string of the molecule is S=c1[nH]cc(-c2cccs2)s1. The monoisotopic (exact) mass is 199 g/mol. The van der Waals surface area contributed by atoms with Crippen LogP contribution in [0.5, 0.6) is 0 Å². The maximum Gasteiger partial charge on any atom is 0.159 e. The Morgan fingerprint density at radius 2 is 2.27 bits per heavy atom. The maximum absolute atomic E-state index is 4.97. The van der Waals surface area contributed by atoms with Crippen LogP contribution in [0.1, 0.15) is 0 Å². The molecule has 0 aliphatic rings. The molecule has 2 aromatic heterocycles. The smallest absolute Gasteiger partial charge is 0.159 e. The van der Waals surface area contributed by atoms with E-state index in [1.807, 2.05) is 12.3 Å². The van der Waals surface area contributed by atoms with Gasteiger partial charge in [0.25, 0.3) is 0 Å². The summed E-state index contributed by atoms with van der Waals surface area (Å²) in [5.41, 5.74) is 0. The van der Waals surface area contributed by atoms with Gasteiger partial charge in [-0.15, -0.1) is 22.7 Å². The van der Waals surface area contributed by atoms with Gasteiger partial charge >= 0.3 is 0 Å². The fourth-order valence-electron chi connectivity index (χ4n) is 0.823. The van der Waals surface area contributed by atoms with Gasteiger partial charge in [0.1, 0.15) is 0 Å². The molecule has 0 bridgehead atoms. The fourth-order valence-corrected chi connectivity index (χ4v) is 2.66. The van der Waals surface area contributed by atoms with Gasteiger partial charge in [-0.3, -0.25) is 0 Å². The van der Waals surface area contributed by atoms with Crippen LogP contribution in [0.2, 0.25) is 0 Å². The quantitative estimate of drug-likeness (QED) is 0.695. The number of thiazole rings is 1. The number of nitrogens with one attached hydrogen (secondary N) is 1. The lowest BCUT2D eigenvalue weighted by Crippen LogP contribution is -1.57. The highest BCUT2D eigenvalue weighted by atomic mass is 32.1. The van der Waals surface area contributed by atoms with Crippen molar-refractivity contribution in [2.24, 2.45) is 0 Å². The van der Waals surface area contributed by atoms with Gasteiger partial charge in [0.05, 0.1) is 4.88 Å². The molecule has 0 amide bonds. The van der Waals surface area contributed by atoms with E-state index in [1.165, 1.54) is 9.75 Å². The molecule has 1 nitrogen and oxygen atoms in total. The highest BCUT2D eigenvalue weighted by molar-refractivity contribution is 7.73. The van der Waals surface area contributed by atoms with Crippen molar-refractivity contribution in [3.63, 3.8) is 0 Å². The summed E-state index contributed by atoms with van der Waals surface area (Å²) in [5.74, 6) is 0. The molecule has 0 spiro atoms. The highest BCUT2D eigenvalue weighted by Crippen LogP contribution is 2.27. The van der Waals surface area contributed by atoms with Gasteiger partial charge in [0.2, 0.25) is 0 Å². The van der Waals surface area contributed by atoms with E-state index in [-0.39, 0.29) is 0 Å². The second-order valence-electron chi connectivity index (χ2n) is 2.02. The fraction of sp³-hybridized carbons (Fsp3) is 0. The Balaban J connectivity index is 2.53. The van der Waals surface area contributed by atoms with Crippen LogP contribution in [0.15, 0.2) is 23.7 Å². The number of hydrogen-bond acceptors (Lipinski definition) is 3. The van der Waals surface area contributed by atoms with Crippen molar-refractivity contribution in [3.8, 4) is 9.75 Å². The Morgan fingerprint density at radius 1 is 1.36 bits per heavy atom. The second-order valence-corrected chi connectivity index (χ2v) is 4.69. The van der Waals surface area contributed by atoms with Gasteiger partial charge in [-0.05, 0) is 23.7 Å². The Hall–Kier alpha value is -0.450. The molecule has 0 aliphatic heterocycles. The number of aromatic nitrogens is 1. The summed E-state index contributed by atoms with van der Waals surface area (Å²) >= 11 is 8.32. The average molecular weight is 199 g/mol. The summed E-state index contributed by atoms with van der Waals surface area (Å²) in [5, 5.41) is 2.07. The number of hydrogen-bond donors (Lipinski definition) is 1. The third-order valence-corrected chi connectivity index (χ3v) is 3.55. The van der Waals surface area contributed by atoms with Crippen LogP contribution in [0, 0.1) is 3.95 Å². The van der Waals surface area contributed by atoms with Gasteiger partial charge in [-0.2, -0.15) is 0 Å². The zero-order valence-electron chi connectivity index (χ0n) is 5.53. The molecule has 1 N–H and O–H groups in total. The minimum Gasteiger partial charge on any atom is -0.343 e. The highest BCUT2D eigenvalue weighted by Gasteiger charge is 1.98. The molecule has 2 aromatic rings. The van der Waals surface area contributed by atoms with Gasteiger partial charge in [0.15, 0.2) is 3.95 Å². The molecule has 0 saturated carbocycles. The van der Waals surface area contributed by atoms with Crippen molar-refractivity contribution in [2.45, 2.75) is 0 Å². The van der Waals surface area contributed by atoms with Gasteiger partial charge in [-0.25, -0.2) is 0 Å². The lowest BCUT2D eigenvalue weighted by atomic mass is 10.4. The van der Waals surface area contributed by atoms with Crippen LogP contribution in [-0.4, -0.2) is 4.98 Å². The van der Waals surface area contributed by atoms with Crippen molar-refractivity contribution in [2.75, 3.05) is 0 Å². The first-order valence-electron chi connectivity index (χ1n) is 3.08. The lowest BCUT2D eigenvalue weighted by Gasteiger charge is -1.83. The Labute approximate surface area is 77.3 Å². The topological polar surface area (TPSA) is 15.8 Å². The van der Waals surface area contributed by atoms with E-state index in [0.717, 1.165) is 3.95 Å². The average Bonchev–Trinajstić information content (AvgIpc) is 2.55. The molecule has 4 heteroatoms. The molecule has 2 rings (SSSR count). The Kier molecular flexibility index (Phi) is 1.89. The number of rotatable bonds is 1. The van der Waals surface area contributed by atoms with E-state index in [2.05, 4.69) is 16.4 Å². The second kappa shape index (κ2) is 2.89. The summed E-state index contributed by atoms with van der Waals surface area (Å²) in [7, 11) is 0. The maximum atomic E-state index is 4.97. The molecule has 0 aromatic carbocycles. The predicted octanol–water partition coefficient (Wildman–Crippen LogP) is 3.53. The van der Waals surface area contributed by atoms with Crippen LogP contribution >= 0.6 is 34.9 Å². The van der Waals surface area contributed by atoms with Crippen molar-refractivity contribution in [1.82, 2.24) is 4.98 Å². The summed E-state index contributed by atoms with van der Waals surface area (Å²) < 4.78 is 0.841. The first kappa shape index (κ1) is 7.21. The van der Waals surface area contributed by atoms with Crippen molar-refractivity contribution >= 4 is 34.9 Å². The van der Waals surface area contributed by atoms with E-state index in [0.29, 0.717) is 0 Å². The van der Waals surface area contributed by atoms with Crippen molar-refractivity contribution < 1.29 is 0 Å². The largest absolute Gasteiger partial charge is 0.343 e. The molecule has 56 valence electrons. The summed E-state index contributed by atoms with van der Waals surface area (Å²) in [6, 6.07) is 4.14. The first-order valence-corrected chi connectivity index (χ1v) is 5.19. The number of thiophene rings is 1. The third kappa shape index (κ3) is 1.42. The van der Waals surface area contributed by atoms with E-state index >= 15 is 0 Å². The minimum atomic E-state index is 0.841. The molecular formula is C7H5NS3. The Bertz CT molecular complexity index is 382. The van der Waals surface area contributed by atoms with Crippen molar-refractivity contribution in [1.29, 1.82) is 0 Å². The van der Waals surface area contributed by atoms with E-state index in [1.54, 1.807) is 22.7 Å². The van der Waals surface area contributed by atoms with E-state index in [4.69, 9.17) is 12.2 Å². The van der Waals surface area contributed by atoms with Crippen LogP contribution < -0.4 is 0 Å². The zero-order valence-corrected chi connectivity index (χ0v) is 7.98. The van der Waals surface area contributed by atoms with Gasteiger partial charge in [0, 0.05) is 11.1 Å². The van der Waals surface area contributed by atoms with Crippen molar-refractivity contribution in [3.05, 3.63) is 27.7 Å². The molecule has 0 unspecified atom stereocenters. The van der Waals surface area contributed by atoms with Gasteiger partial charge in [-0.1, -0.05) is 6.07 Å². The number of H-pyrrole nitrogens is 1. The molecule has 0 saturated heterocycles. The number of aromatic amines is 1. The summed E-state index contributed by atoms with van der Waals surface area (Å²) in [4.78, 5) is 5.50. The predicted molar refractivity (Wildman–Crippen MR) is 52.8 cm³/mol. The zero-order chi connectivity index (χ0) is 7.68. The molecule has 0 aliphatic carbocycles. The summed E-state index contributed by atoms with van der Waals surface area (Å²) in [6.07, 6.45) is 1.96.